The number of hydrogen-bond acceptors (Lipinski definition) is 4. The van der Waals surface area contributed by atoms with Crippen LogP contribution in [0.3, 0.4) is 0 Å². The molecule has 1 spiro atoms. The van der Waals surface area contributed by atoms with Gasteiger partial charge >= 0.3 is 0 Å². The Labute approximate surface area is 149 Å². The summed E-state index contributed by atoms with van der Waals surface area (Å²) in [7, 11) is 0. The number of rotatable bonds is 5. The highest BCUT2D eigenvalue weighted by Crippen LogP contribution is 2.44. The zero-order valence-corrected chi connectivity index (χ0v) is 14.6. The van der Waals surface area contributed by atoms with E-state index in [4.69, 9.17) is 9.15 Å². The summed E-state index contributed by atoms with van der Waals surface area (Å²) < 4.78 is 11.7. The van der Waals surface area contributed by atoms with Crippen molar-refractivity contribution >= 4 is 0 Å². The first-order chi connectivity index (χ1) is 12.3. The van der Waals surface area contributed by atoms with E-state index in [-0.39, 0.29) is 5.60 Å². The maximum absolute atomic E-state index is 6.54. The van der Waals surface area contributed by atoms with Crippen molar-refractivity contribution in [3.8, 4) is 5.75 Å². The second-order valence-electron chi connectivity index (χ2n) is 7.18. The van der Waals surface area contributed by atoms with Gasteiger partial charge in [-0.25, -0.2) is 0 Å². The fourth-order valence-corrected chi connectivity index (χ4v) is 4.07. The van der Waals surface area contributed by atoms with Crippen LogP contribution in [0.5, 0.6) is 5.75 Å². The molecule has 0 saturated carbocycles. The molecule has 2 aliphatic rings. The largest absolute Gasteiger partial charge is 0.487 e. The van der Waals surface area contributed by atoms with E-state index in [1.165, 1.54) is 11.1 Å². The van der Waals surface area contributed by atoms with E-state index < -0.39 is 0 Å². The topological polar surface area (TPSA) is 37.6 Å². The van der Waals surface area contributed by atoms with E-state index in [9.17, 15) is 0 Å². The smallest absolute Gasteiger partial charge is 0.124 e. The molecular weight excluding hydrogens is 312 g/mol. The zero-order chi connectivity index (χ0) is 17.1. The van der Waals surface area contributed by atoms with Gasteiger partial charge in [0.2, 0.25) is 0 Å². The normalized spacial score (nSPS) is 22.3. The number of nitrogens with one attached hydrogen (secondary N) is 1. The highest BCUT2D eigenvalue weighted by Gasteiger charge is 2.42. The van der Waals surface area contributed by atoms with Crippen molar-refractivity contribution in [1.29, 1.82) is 0 Å². The summed E-state index contributed by atoms with van der Waals surface area (Å²) in [5, 5.41) is 3.72. The summed E-state index contributed by atoms with van der Waals surface area (Å²) >= 11 is 0. The number of likely N-dealkylation sites (tertiary alicyclic amines) is 1. The summed E-state index contributed by atoms with van der Waals surface area (Å²) in [6.45, 7) is 7.78. The summed E-state index contributed by atoms with van der Waals surface area (Å²) in [5.74, 6) is 1.04. The minimum absolute atomic E-state index is 0.0555. The number of piperidine rings is 1. The van der Waals surface area contributed by atoms with Crippen LogP contribution in [0.25, 0.3) is 0 Å². The van der Waals surface area contributed by atoms with E-state index in [2.05, 4.69) is 41.1 Å². The second-order valence-corrected chi connectivity index (χ2v) is 7.18. The predicted octanol–water partition coefficient (Wildman–Crippen LogP) is 3.91. The van der Waals surface area contributed by atoms with Crippen molar-refractivity contribution in [2.75, 3.05) is 19.6 Å². The van der Waals surface area contributed by atoms with E-state index in [0.717, 1.165) is 51.2 Å². The lowest BCUT2D eigenvalue weighted by molar-refractivity contribution is -0.0232. The van der Waals surface area contributed by atoms with Crippen molar-refractivity contribution in [2.45, 2.75) is 37.5 Å². The third kappa shape index (κ3) is 3.51. The summed E-state index contributed by atoms with van der Waals surface area (Å²) in [6.07, 6.45) is 8.68. The van der Waals surface area contributed by atoms with Gasteiger partial charge < -0.3 is 14.5 Å². The molecule has 4 nitrogen and oxygen atoms in total. The fourth-order valence-electron chi connectivity index (χ4n) is 4.07. The molecule has 1 atom stereocenters. The first kappa shape index (κ1) is 16.4. The minimum atomic E-state index is -0.0555. The fraction of sp³-hybridized carbons (Fsp3) is 0.429. The number of fused-ring (bicyclic) bond motifs is 1. The molecule has 0 aliphatic carbocycles. The molecule has 2 aromatic rings. The van der Waals surface area contributed by atoms with Crippen LogP contribution in [0, 0.1) is 0 Å². The maximum atomic E-state index is 6.54. The standard InChI is InChI=1S/C21H26N2O2/c1-2-10-23-11-8-21(9-12-23)14-19(22-15-17-7-13-24-16-17)18-5-3-4-6-20(18)25-21/h2-7,13,16,19,22H,1,8-12,14-15H2/t19-/m1/s1. The Kier molecular flexibility index (Phi) is 4.64. The molecule has 1 aromatic carbocycles. The first-order valence-electron chi connectivity index (χ1n) is 9.14. The van der Waals surface area contributed by atoms with Crippen LogP contribution in [-0.4, -0.2) is 30.1 Å². The Hall–Kier alpha value is -2.04. The summed E-state index contributed by atoms with van der Waals surface area (Å²) in [6, 6.07) is 10.8. The maximum Gasteiger partial charge on any atom is 0.124 e. The van der Waals surface area contributed by atoms with Crippen LogP contribution in [0.2, 0.25) is 0 Å². The van der Waals surface area contributed by atoms with Gasteiger partial charge in [0.15, 0.2) is 0 Å². The molecule has 0 amide bonds. The van der Waals surface area contributed by atoms with Gasteiger partial charge in [0.1, 0.15) is 11.4 Å². The number of benzene rings is 1. The van der Waals surface area contributed by atoms with Crippen molar-refractivity contribution in [3.05, 3.63) is 66.6 Å². The Balaban J connectivity index is 1.51. The van der Waals surface area contributed by atoms with Crippen molar-refractivity contribution in [3.63, 3.8) is 0 Å². The van der Waals surface area contributed by atoms with Crippen LogP contribution < -0.4 is 10.1 Å². The number of hydrogen-bond donors (Lipinski definition) is 1. The first-order valence-corrected chi connectivity index (χ1v) is 9.14. The summed E-state index contributed by atoms with van der Waals surface area (Å²) in [4.78, 5) is 2.45. The number of furan rings is 1. The highest BCUT2D eigenvalue weighted by molar-refractivity contribution is 5.39. The van der Waals surface area contributed by atoms with E-state index in [1.54, 1.807) is 6.26 Å². The summed E-state index contributed by atoms with van der Waals surface area (Å²) in [5.41, 5.74) is 2.39. The molecule has 1 aromatic heterocycles. The second kappa shape index (κ2) is 7.06. The van der Waals surface area contributed by atoms with Crippen LogP contribution in [-0.2, 0) is 6.54 Å². The molecule has 3 heterocycles. The molecule has 1 N–H and O–H groups in total. The molecule has 0 unspecified atom stereocenters. The lowest BCUT2D eigenvalue weighted by Gasteiger charge is -2.47. The van der Waals surface area contributed by atoms with Gasteiger partial charge in [0.25, 0.3) is 0 Å². The molecule has 132 valence electrons. The quantitative estimate of drug-likeness (QED) is 0.839. The molecule has 0 radical (unpaired) electrons. The molecular formula is C21H26N2O2. The lowest BCUT2D eigenvalue weighted by atomic mass is 9.80. The van der Waals surface area contributed by atoms with Gasteiger partial charge in [-0.05, 0) is 25.0 Å². The Morgan fingerprint density at radius 2 is 2.08 bits per heavy atom. The number of nitrogens with zero attached hydrogens (tertiary/aromatic N) is 1. The van der Waals surface area contributed by atoms with E-state index in [0.29, 0.717) is 6.04 Å². The third-order valence-corrected chi connectivity index (χ3v) is 5.48. The Morgan fingerprint density at radius 3 is 2.84 bits per heavy atom. The van der Waals surface area contributed by atoms with Crippen molar-refractivity contribution in [1.82, 2.24) is 10.2 Å². The monoisotopic (exact) mass is 338 g/mol. The number of ether oxygens (including phenoxy) is 1. The van der Waals surface area contributed by atoms with Gasteiger partial charge in [0, 0.05) is 49.8 Å². The van der Waals surface area contributed by atoms with Gasteiger partial charge in [-0.1, -0.05) is 24.3 Å². The molecule has 25 heavy (non-hydrogen) atoms. The third-order valence-electron chi connectivity index (χ3n) is 5.48. The van der Waals surface area contributed by atoms with Gasteiger partial charge in [-0.3, -0.25) is 4.90 Å². The van der Waals surface area contributed by atoms with Crippen LogP contribution in [0.4, 0.5) is 0 Å². The molecule has 2 aliphatic heterocycles. The molecule has 1 fully saturated rings. The Bertz CT molecular complexity index is 702. The lowest BCUT2D eigenvalue weighted by Crippen LogP contribution is -2.51. The van der Waals surface area contributed by atoms with Crippen molar-refractivity contribution < 1.29 is 9.15 Å². The molecule has 0 bridgehead atoms. The van der Waals surface area contributed by atoms with Crippen LogP contribution in [0.1, 0.15) is 36.4 Å². The highest BCUT2D eigenvalue weighted by atomic mass is 16.5. The van der Waals surface area contributed by atoms with Gasteiger partial charge in [0.05, 0.1) is 12.5 Å². The van der Waals surface area contributed by atoms with Crippen LogP contribution >= 0.6 is 0 Å². The van der Waals surface area contributed by atoms with E-state index in [1.807, 2.05) is 18.4 Å². The SMILES string of the molecule is C=CCN1CCC2(CC1)C[C@@H](NCc1ccoc1)c1ccccc1O2. The minimum Gasteiger partial charge on any atom is -0.487 e. The number of para-hydroxylation sites is 1. The average molecular weight is 338 g/mol. The Morgan fingerprint density at radius 1 is 1.24 bits per heavy atom. The van der Waals surface area contributed by atoms with Crippen molar-refractivity contribution in [2.24, 2.45) is 0 Å². The average Bonchev–Trinajstić information content (AvgIpc) is 3.16. The van der Waals surface area contributed by atoms with E-state index >= 15 is 0 Å². The predicted molar refractivity (Wildman–Crippen MR) is 98.6 cm³/mol. The van der Waals surface area contributed by atoms with Gasteiger partial charge in [-0.15, -0.1) is 6.58 Å². The molecule has 4 heteroatoms. The molecule has 1 saturated heterocycles. The van der Waals surface area contributed by atoms with Gasteiger partial charge in [-0.2, -0.15) is 0 Å². The molecule has 4 rings (SSSR count). The van der Waals surface area contributed by atoms with Crippen LogP contribution in [0.15, 0.2) is 59.9 Å². The zero-order valence-electron chi connectivity index (χ0n) is 14.6.